The molecule has 0 aliphatic heterocycles. The molecule has 3 heteroatoms. The van der Waals surface area contributed by atoms with Crippen molar-refractivity contribution in [1.29, 1.82) is 0 Å². The van der Waals surface area contributed by atoms with Gasteiger partial charge in [-0.2, -0.15) is 0 Å². The van der Waals surface area contributed by atoms with E-state index in [1.807, 2.05) is 0 Å². The minimum absolute atomic E-state index is 0.0147. The Morgan fingerprint density at radius 2 is 2.10 bits per heavy atom. The minimum Gasteiger partial charge on any atom is -0.384 e. The molecule has 0 saturated heterocycles. The molecule has 0 aromatic heterocycles. The van der Waals surface area contributed by atoms with E-state index in [0.29, 0.717) is 5.56 Å². The Labute approximate surface area is 120 Å². The van der Waals surface area contributed by atoms with Gasteiger partial charge in [-0.1, -0.05) is 31.6 Å². The highest BCUT2D eigenvalue weighted by molar-refractivity contribution is 5.94. The maximum absolute atomic E-state index is 12.2. The van der Waals surface area contributed by atoms with Crippen molar-refractivity contribution >= 4 is 5.91 Å². The molecule has 106 valence electrons. The van der Waals surface area contributed by atoms with Crippen LogP contribution in [0.5, 0.6) is 0 Å². The maximum Gasteiger partial charge on any atom is 0.251 e. The second-order valence-corrected chi connectivity index (χ2v) is 5.29. The van der Waals surface area contributed by atoms with Gasteiger partial charge in [-0.05, 0) is 43.0 Å². The summed E-state index contributed by atoms with van der Waals surface area (Å²) in [7, 11) is 0. The highest BCUT2D eigenvalue weighted by atomic mass is 16.2. The summed E-state index contributed by atoms with van der Waals surface area (Å²) in [5, 5.41) is 11.7. The summed E-state index contributed by atoms with van der Waals surface area (Å²) in [5.74, 6) is 6.20. The largest absolute Gasteiger partial charge is 0.384 e. The maximum atomic E-state index is 12.2. The summed E-state index contributed by atoms with van der Waals surface area (Å²) in [5.41, 5.74) is 1.47. The van der Waals surface area contributed by atoms with Crippen molar-refractivity contribution in [2.45, 2.75) is 38.6 Å². The van der Waals surface area contributed by atoms with Crippen molar-refractivity contribution in [3.63, 3.8) is 0 Å². The monoisotopic (exact) mass is 271 g/mol. The molecule has 1 amide bonds. The Morgan fingerprint density at radius 1 is 1.40 bits per heavy atom. The van der Waals surface area contributed by atoms with E-state index in [0.717, 1.165) is 24.3 Å². The van der Waals surface area contributed by atoms with E-state index >= 15 is 0 Å². The fourth-order valence-corrected chi connectivity index (χ4v) is 2.20. The van der Waals surface area contributed by atoms with Crippen LogP contribution in [0.1, 0.15) is 48.5 Å². The van der Waals surface area contributed by atoms with Gasteiger partial charge < -0.3 is 10.4 Å². The number of nitrogens with one attached hydrogen (secondary N) is 1. The molecule has 20 heavy (non-hydrogen) atoms. The van der Waals surface area contributed by atoms with E-state index < -0.39 is 0 Å². The number of benzene rings is 1. The Morgan fingerprint density at radius 3 is 2.65 bits per heavy atom. The van der Waals surface area contributed by atoms with Crippen LogP contribution in [0, 0.1) is 17.8 Å². The number of carbonyl (C=O) groups is 1. The lowest BCUT2D eigenvalue weighted by atomic mass is 10.1. The number of amides is 1. The van der Waals surface area contributed by atoms with Crippen molar-refractivity contribution < 1.29 is 9.90 Å². The molecule has 2 N–H and O–H groups in total. The summed E-state index contributed by atoms with van der Waals surface area (Å²) in [6, 6.07) is 7.45. The molecule has 1 aliphatic carbocycles. The SMILES string of the molecule is CCC(CC1CC1)NC(=O)c1ccc(C#CCO)cc1. The molecule has 0 heterocycles. The second-order valence-electron chi connectivity index (χ2n) is 5.29. The molecule has 1 saturated carbocycles. The van der Waals surface area contributed by atoms with Gasteiger partial charge in [-0.3, -0.25) is 4.79 Å². The molecule has 1 unspecified atom stereocenters. The van der Waals surface area contributed by atoms with Gasteiger partial charge in [-0.25, -0.2) is 0 Å². The predicted molar refractivity (Wildman–Crippen MR) is 79.3 cm³/mol. The first-order chi connectivity index (χ1) is 9.72. The third kappa shape index (κ3) is 4.40. The first-order valence-electron chi connectivity index (χ1n) is 7.23. The van der Waals surface area contributed by atoms with Crippen LogP contribution in [0.15, 0.2) is 24.3 Å². The van der Waals surface area contributed by atoms with Crippen LogP contribution in [0.25, 0.3) is 0 Å². The zero-order valence-corrected chi connectivity index (χ0v) is 11.9. The summed E-state index contributed by atoms with van der Waals surface area (Å²) in [6.07, 6.45) is 4.69. The Balaban J connectivity index is 1.93. The lowest BCUT2D eigenvalue weighted by Gasteiger charge is -2.16. The summed E-state index contributed by atoms with van der Waals surface area (Å²) in [4.78, 5) is 12.2. The van der Waals surface area contributed by atoms with Gasteiger partial charge in [0.25, 0.3) is 5.91 Å². The van der Waals surface area contributed by atoms with Gasteiger partial charge in [0.2, 0.25) is 0 Å². The topological polar surface area (TPSA) is 49.3 Å². The average Bonchev–Trinajstić information content (AvgIpc) is 3.28. The Hall–Kier alpha value is -1.79. The molecular formula is C17H21NO2. The minimum atomic E-state index is -0.151. The number of hydrogen-bond donors (Lipinski definition) is 2. The van der Waals surface area contributed by atoms with E-state index in [2.05, 4.69) is 24.1 Å². The molecule has 0 radical (unpaired) electrons. The molecule has 0 spiro atoms. The fourth-order valence-electron chi connectivity index (χ4n) is 2.20. The van der Waals surface area contributed by atoms with Gasteiger partial charge in [0.15, 0.2) is 0 Å². The molecule has 1 atom stereocenters. The molecule has 0 bridgehead atoms. The molecule has 3 nitrogen and oxygen atoms in total. The number of aliphatic hydroxyl groups is 1. The molecule has 1 fully saturated rings. The van der Waals surface area contributed by atoms with E-state index in [1.165, 1.54) is 12.8 Å². The van der Waals surface area contributed by atoms with Crippen molar-refractivity contribution in [2.24, 2.45) is 5.92 Å². The van der Waals surface area contributed by atoms with Crippen LogP contribution in [-0.4, -0.2) is 23.7 Å². The summed E-state index contributed by atoms with van der Waals surface area (Å²) >= 11 is 0. The molecule has 1 aliphatic rings. The van der Waals surface area contributed by atoms with Gasteiger partial charge in [0, 0.05) is 17.2 Å². The van der Waals surface area contributed by atoms with Crippen LogP contribution in [0.4, 0.5) is 0 Å². The summed E-state index contributed by atoms with van der Waals surface area (Å²) < 4.78 is 0. The second kappa shape index (κ2) is 7.12. The van der Waals surface area contributed by atoms with Crippen LogP contribution in [-0.2, 0) is 0 Å². The lowest BCUT2D eigenvalue weighted by Crippen LogP contribution is -2.34. The highest BCUT2D eigenvalue weighted by Crippen LogP contribution is 2.34. The molecule has 1 aromatic rings. The molecular weight excluding hydrogens is 250 g/mol. The van der Waals surface area contributed by atoms with Crippen molar-refractivity contribution in [3.05, 3.63) is 35.4 Å². The zero-order chi connectivity index (χ0) is 14.4. The number of aliphatic hydroxyl groups excluding tert-OH is 1. The van der Waals surface area contributed by atoms with Crippen LogP contribution >= 0.6 is 0 Å². The first kappa shape index (κ1) is 14.6. The van der Waals surface area contributed by atoms with Gasteiger partial charge in [0.05, 0.1) is 0 Å². The number of rotatable bonds is 5. The van der Waals surface area contributed by atoms with Gasteiger partial charge in [-0.15, -0.1) is 0 Å². The third-order valence-corrected chi connectivity index (χ3v) is 3.60. The smallest absolute Gasteiger partial charge is 0.251 e. The highest BCUT2D eigenvalue weighted by Gasteiger charge is 2.25. The summed E-state index contributed by atoms with van der Waals surface area (Å²) in [6.45, 7) is 1.96. The zero-order valence-electron chi connectivity index (χ0n) is 11.9. The van der Waals surface area contributed by atoms with Crippen molar-refractivity contribution in [3.8, 4) is 11.8 Å². The normalized spacial score (nSPS) is 15.1. The average molecular weight is 271 g/mol. The van der Waals surface area contributed by atoms with E-state index in [1.54, 1.807) is 24.3 Å². The van der Waals surface area contributed by atoms with Crippen molar-refractivity contribution in [2.75, 3.05) is 6.61 Å². The lowest BCUT2D eigenvalue weighted by molar-refractivity contribution is 0.0932. The first-order valence-corrected chi connectivity index (χ1v) is 7.23. The van der Waals surface area contributed by atoms with Gasteiger partial charge >= 0.3 is 0 Å². The van der Waals surface area contributed by atoms with Crippen LogP contribution < -0.4 is 5.32 Å². The Kier molecular flexibility index (Phi) is 5.20. The van der Waals surface area contributed by atoms with E-state index in [-0.39, 0.29) is 18.6 Å². The predicted octanol–water partition coefficient (Wildman–Crippen LogP) is 2.34. The number of carbonyl (C=O) groups excluding carboxylic acids is 1. The Bertz CT molecular complexity index is 506. The third-order valence-electron chi connectivity index (χ3n) is 3.60. The van der Waals surface area contributed by atoms with E-state index in [4.69, 9.17) is 5.11 Å². The standard InChI is InChI=1S/C17H21NO2/c1-2-16(12-14-5-6-14)18-17(20)15-9-7-13(8-10-15)4-3-11-19/h7-10,14,16,19H,2,5-6,11-12H2,1H3,(H,18,20). The van der Waals surface area contributed by atoms with Crippen LogP contribution in [0.2, 0.25) is 0 Å². The van der Waals surface area contributed by atoms with Crippen molar-refractivity contribution in [1.82, 2.24) is 5.32 Å². The van der Waals surface area contributed by atoms with Crippen LogP contribution in [0.3, 0.4) is 0 Å². The van der Waals surface area contributed by atoms with E-state index in [9.17, 15) is 4.79 Å². The quantitative estimate of drug-likeness (QED) is 0.808. The molecule has 1 aromatic carbocycles. The number of hydrogen-bond acceptors (Lipinski definition) is 2. The molecule has 2 rings (SSSR count). The van der Waals surface area contributed by atoms with Gasteiger partial charge in [0.1, 0.15) is 6.61 Å². The fraction of sp³-hybridized carbons (Fsp3) is 0.471.